The van der Waals surface area contributed by atoms with E-state index in [1.165, 1.54) is 24.0 Å². The van der Waals surface area contributed by atoms with E-state index in [0.29, 0.717) is 17.4 Å². The SMILES string of the molecule is CCNC(c1ccc(C(C)CC)cc1)C1CC1(C)C. The molecule has 0 saturated heterocycles. The van der Waals surface area contributed by atoms with Crippen molar-refractivity contribution in [1.29, 1.82) is 0 Å². The van der Waals surface area contributed by atoms with Gasteiger partial charge >= 0.3 is 0 Å². The standard InChI is InChI=1S/C18H29N/c1-6-13(3)14-8-10-15(11-9-14)17(19-7-2)16-12-18(16,4)5/h8-11,13,16-17,19H,6-7,12H2,1-5H3. The molecule has 3 unspecified atom stereocenters. The summed E-state index contributed by atoms with van der Waals surface area (Å²) < 4.78 is 0. The fourth-order valence-electron chi connectivity index (χ4n) is 3.06. The van der Waals surface area contributed by atoms with Crippen LogP contribution in [0.1, 0.15) is 70.5 Å². The highest BCUT2D eigenvalue weighted by molar-refractivity contribution is 5.29. The highest BCUT2D eigenvalue weighted by Gasteiger charge is 2.50. The molecule has 1 nitrogen and oxygen atoms in total. The van der Waals surface area contributed by atoms with Gasteiger partial charge in [-0.3, -0.25) is 0 Å². The number of rotatable bonds is 6. The van der Waals surface area contributed by atoms with E-state index in [-0.39, 0.29) is 0 Å². The van der Waals surface area contributed by atoms with Crippen molar-refractivity contribution in [2.24, 2.45) is 11.3 Å². The first-order valence-electron chi connectivity index (χ1n) is 7.82. The van der Waals surface area contributed by atoms with Crippen LogP contribution in [0.15, 0.2) is 24.3 Å². The van der Waals surface area contributed by atoms with E-state index in [4.69, 9.17) is 0 Å². The van der Waals surface area contributed by atoms with Gasteiger partial charge in [-0.2, -0.15) is 0 Å². The van der Waals surface area contributed by atoms with Crippen molar-refractivity contribution in [2.45, 2.75) is 59.4 Å². The van der Waals surface area contributed by atoms with Gasteiger partial charge in [-0.1, -0.05) is 58.9 Å². The van der Waals surface area contributed by atoms with Gasteiger partial charge in [0.15, 0.2) is 0 Å². The first-order valence-corrected chi connectivity index (χ1v) is 7.82. The maximum Gasteiger partial charge on any atom is 0.0353 e. The van der Waals surface area contributed by atoms with Crippen LogP contribution in [-0.4, -0.2) is 6.54 Å². The maximum atomic E-state index is 3.68. The van der Waals surface area contributed by atoms with Gasteiger partial charge in [-0.15, -0.1) is 0 Å². The summed E-state index contributed by atoms with van der Waals surface area (Å²) in [6.07, 6.45) is 2.56. The molecule has 1 aliphatic carbocycles. The summed E-state index contributed by atoms with van der Waals surface area (Å²) in [5, 5.41) is 3.68. The molecule has 1 aromatic rings. The fourth-order valence-corrected chi connectivity index (χ4v) is 3.06. The van der Waals surface area contributed by atoms with Gasteiger partial charge in [0, 0.05) is 6.04 Å². The zero-order valence-electron chi connectivity index (χ0n) is 13.2. The molecule has 1 fully saturated rings. The monoisotopic (exact) mass is 259 g/mol. The van der Waals surface area contributed by atoms with E-state index < -0.39 is 0 Å². The van der Waals surface area contributed by atoms with E-state index in [1.54, 1.807) is 0 Å². The van der Waals surface area contributed by atoms with Crippen LogP contribution in [-0.2, 0) is 0 Å². The minimum Gasteiger partial charge on any atom is -0.310 e. The minimum absolute atomic E-state index is 0.516. The van der Waals surface area contributed by atoms with Gasteiger partial charge in [0.25, 0.3) is 0 Å². The number of hydrogen-bond donors (Lipinski definition) is 1. The van der Waals surface area contributed by atoms with Gasteiger partial charge in [0.2, 0.25) is 0 Å². The molecule has 19 heavy (non-hydrogen) atoms. The maximum absolute atomic E-state index is 3.68. The zero-order chi connectivity index (χ0) is 14.0. The predicted octanol–water partition coefficient (Wildman–Crippen LogP) is 4.90. The smallest absolute Gasteiger partial charge is 0.0353 e. The van der Waals surface area contributed by atoms with Crippen LogP contribution in [0.4, 0.5) is 0 Å². The second kappa shape index (κ2) is 5.66. The van der Waals surface area contributed by atoms with E-state index >= 15 is 0 Å². The van der Waals surface area contributed by atoms with Crippen molar-refractivity contribution in [2.75, 3.05) is 6.54 Å². The average Bonchev–Trinajstić information content (AvgIpc) is 3.04. The van der Waals surface area contributed by atoms with E-state index in [9.17, 15) is 0 Å². The molecule has 0 heterocycles. The lowest BCUT2D eigenvalue weighted by atomic mass is 9.93. The molecule has 1 heteroatoms. The van der Waals surface area contributed by atoms with Crippen molar-refractivity contribution in [3.05, 3.63) is 35.4 Å². The van der Waals surface area contributed by atoms with Crippen LogP contribution >= 0.6 is 0 Å². The number of benzene rings is 1. The third kappa shape index (κ3) is 3.20. The number of hydrogen-bond acceptors (Lipinski definition) is 1. The Morgan fingerprint density at radius 1 is 1.16 bits per heavy atom. The molecule has 0 aliphatic heterocycles. The topological polar surface area (TPSA) is 12.0 Å². The Hall–Kier alpha value is -0.820. The molecule has 0 aromatic heterocycles. The summed E-state index contributed by atoms with van der Waals surface area (Å²) in [6.45, 7) is 12.6. The summed E-state index contributed by atoms with van der Waals surface area (Å²) >= 11 is 0. The van der Waals surface area contributed by atoms with Gasteiger partial charge < -0.3 is 5.32 Å². The molecule has 1 aromatic carbocycles. The second-order valence-electron chi connectivity index (χ2n) is 6.81. The third-order valence-electron chi connectivity index (χ3n) is 4.89. The third-order valence-corrected chi connectivity index (χ3v) is 4.89. The lowest BCUT2D eigenvalue weighted by Crippen LogP contribution is -2.24. The van der Waals surface area contributed by atoms with Crippen LogP contribution in [0.5, 0.6) is 0 Å². The molecule has 0 radical (unpaired) electrons. The van der Waals surface area contributed by atoms with Gasteiger partial charge in [-0.05, 0) is 47.8 Å². The largest absolute Gasteiger partial charge is 0.310 e. The molecular formula is C18H29N. The van der Waals surface area contributed by atoms with Gasteiger partial charge in [0.05, 0.1) is 0 Å². The summed E-state index contributed by atoms with van der Waals surface area (Å²) in [5.74, 6) is 1.46. The first-order chi connectivity index (χ1) is 8.99. The first kappa shape index (κ1) is 14.6. The summed E-state index contributed by atoms with van der Waals surface area (Å²) in [5.41, 5.74) is 3.45. The van der Waals surface area contributed by atoms with Crippen molar-refractivity contribution >= 4 is 0 Å². The molecule has 1 N–H and O–H groups in total. The molecular weight excluding hydrogens is 230 g/mol. The van der Waals surface area contributed by atoms with Crippen molar-refractivity contribution in [3.63, 3.8) is 0 Å². The Morgan fingerprint density at radius 3 is 2.11 bits per heavy atom. The van der Waals surface area contributed by atoms with Crippen molar-refractivity contribution in [1.82, 2.24) is 5.32 Å². The molecule has 1 saturated carbocycles. The van der Waals surface area contributed by atoms with E-state index in [2.05, 4.69) is 64.2 Å². The summed E-state index contributed by atoms with van der Waals surface area (Å²) in [7, 11) is 0. The highest BCUT2D eigenvalue weighted by Crippen LogP contribution is 2.57. The summed E-state index contributed by atoms with van der Waals surface area (Å²) in [4.78, 5) is 0. The van der Waals surface area contributed by atoms with Crippen molar-refractivity contribution < 1.29 is 0 Å². The normalized spacial score (nSPS) is 23.9. The Morgan fingerprint density at radius 2 is 1.68 bits per heavy atom. The fraction of sp³-hybridized carbons (Fsp3) is 0.667. The van der Waals surface area contributed by atoms with Crippen LogP contribution in [0.3, 0.4) is 0 Å². The molecule has 2 rings (SSSR count). The predicted molar refractivity (Wildman–Crippen MR) is 83.5 cm³/mol. The summed E-state index contributed by atoms with van der Waals surface area (Å²) in [6, 6.07) is 9.85. The Balaban J connectivity index is 2.14. The molecule has 3 atom stereocenters. The van der Waals surface area contributed by atoms with Crippen molar-refractivity contribution in [3.8, 4) is 0 Å². The van der Waals surface area contributed by atoms with Crippen LogP contribution in [0.25, 0.3) is 0 Å². The number of nitrogens with one attached hydrogen (secondary N) is 1. The van der Waals surface area contributed by atoms with Crippen LogP contribution in [0.2, 0.25) is 0 Å². The minimum atomic E-state index is 0.516. The Kier molecular flexibility index (Phi) is 4.35. The van der Waals surface area contributed by atoms with Crippen LogP contribution < -0.4 is 5.32 Å². The molecule has 1 aliphatic rings. The molecule has 106 valence electrons. The van der Waals surface area contributed by atoms with E-state index in [0.717, 1.165) is 12.5 Å². The molecule has 0 bridgehead atoms. The van der Waals surface area contributed by atoms with E-state index in [1.807, 2.05) is 0 Å². The lowest BCUT2D eigenvalue weighted by molar-refractivity contribution is 0.423. The second-order valence-corrected chi connectivity index (χ2v) is 6.81. The van der Waals surface area contributed by atoms with Gasteiger partial charge in [-0.25, -0.2) is 0 Å². The average molecular weight is 259 g/mol. The molecule has 0 spiro atoms. The molecule has 0 amide bonds. The van der Waals surface area contributed by atoms with Gasteiger partial charge in [0.1, 0.15) is 0 Å². The lowest BCUT2D eigenvalue weighted by Gasteiger charge is -2.21. The Labute approximate surface area is 118 Å². The zero-order valence-corrected chi connectivity index (χ0v) is 13.2. The quantitative estimate of drug-likeness (QED) is 0.766. The highest BCUT2D eigenvalue weighted by atomic mass is 14.9. The van der Waals surface area contributed by atoms with Crippen LogP contribution in [0, 0.1) is 11.3 Å². The Bertz CT molecular complexity index is 404.